The van der Waals surface area contributed by atoms with Crippen molar-refractivity contribution in [3.63, 3.8) is 0 Å². The Hall–Kier alpha value is -4.14. The van der Waals surface area contributed by atoms with Crippen molar-refractivity contribution in [1.29, 1.82) is 5.26 Å². The molecule has 0 aromatic carbocycles. The van der Waals surface area contributed by atoms with Crippen LogP contribution in [0, 0.1) is 18.3 Å². The van der Waals surface area contributed by atoms with E-state index >= 15 is 0 Å². The van der Waals surface area contributed by atoms with Gasteiger partial charge in [-0.25, -0.2) is 19.6 Å². The lowest BCUT2D eigenvalue weighted by atomic mass is 9.85. The molecule has 35 heavy (non-hydrogen) atoms. The maximum absolute atomic E-state index is 12.6. The molecule has 0 amide bonds. The summed E-state index contributed by atoms with van der Waals surface area (Å²) in [6.07, 6.45) is 3.50. The minimum Gasteiger partial charge on any atom is -0.312 e. The van der Waals surface area contributed by atoms with Crippen LogP contribution in [-0.2, 0) is 6.18 Å². The molecule has 1 saturated carbocycles. The van der Waals surface area contributed by atoms with Gasteiger partial charge in [-0.3, -0.25) is 9.78 Å². The number of aromatic nitrogens is 7. The van der Waals surface area contributed by atoms with Crippen LogP contribution in [0.4, 0.5) is 13.2 Å². The van der Waals surface area contributed by atoms with Gasteiger partial charge in [0.15, 0.2) is 11.3 Å². The van der Waals surface area contributed by atoms with E-state index in [1.165, 1.54) is 36.3 Å². The first-order valence-corrected chi connectivity index (χ1v) is 10.9. The third-order valence-corrected chi connectivity index (χ3v) is 5.81. The standard InChI is InChI=1S/C14H9F3N6O.C9H12N2/c1-7(8-2-3-10(19-5-8)14(15,16)17)23-12-11(9(4-18)22-23)13(24)21-6-20-12;1-7-5-6-10-9(11-7)8-3-2-4-8/h2-3,5-7H,1H3,(H,20,21,24);5-6,8H,2-4H2,1H3. The van der Waals surface area contributed by atoms with Gasteiger partial charge < -0.3 is 4.98 Å². The van der Waals surface area contributed by atoms with Gasteiger partial charge in [0.1, 0.15) is 23.0 Å². The van der Waals surface area contributed by atoms with E-state index in [1.807, 2.05) is 25.3 Å². The average Bonchev–Trinajstić information content (AvgIpc) is 3.18. The number of alkyl halides is 3. The van der Waals surface area contributed by atoms with Crippen LogP contribution in [0.15, 0.2) is 41.7 Å². The molecule has 1 aliphatic carbocycles. The number of H-pyrrole nitrogens is 1. The van der Waals surface area contributed by atoms with E-state index < -0.39 is 23.5 Å². The molecule has 4 aromatic rings. The van der Waals surface area contributed by atoms with Gasteiger partial charge in [-0.05, 0) is 44.4 Å². The van der Waals surface area contributed by atoms with Gasteiger partial charge in [0.25, 0.3) is 5.56 Å². The van der Waals surface area contributed by atoms with Crippen molar-refractivity contribution in [3.8, 4) is 6.07 Å². The minimum atomic E-state index is -4.52. The van der Waals surface area contributed by atoms with Gasteiger partial charge in [0.2, 0.25) is 0 Å². The number of pyridine rings is 1. The number of rotatable bonds is 3. The summed E-state index contributed by atoms with van der Waals surface area (Å²) in [6, 6.07) is 5.32. The number of nitrogens with zero attached hydrogens (tertiary/aromatic N) is 7. The molecule has 0 aliphatic heterocycles. The molecule has 4 aromatic heterocycles. The third-order valence-electron chi connectivity index (χ3n) is 5.81. The van der Waals surface area contributed by atoms with Crippen LogP contribution in [0.2, 0.25) is 0 Å². The molecule has 1 N–H and O–H groups in total. The van der Waals surface area contributed by atoms with Gasteiger partial charge in [-0.15, -0.1) is 0 Å². The van der Waals surface area contributed by atoms with E-state index in [0.717, 1.165) is 23.8 Å². The first kappa shape index (κ1) is 24.0. The fourth-order valence-corrected chi connectivity index (χ4v) is 3.62. The third kappa shape index (κ3) is 5.03. The van der Waals surface area contributed by atoms with Crippen LogP contribution in [0.3, 0.4) is 0 Å². The lowest BCUT2D eigenvalue weighted by Gasteiger charge is -2.23. The Bertz CT molecular complexity index is 1430. The quantitative estimate of drug-likeness (QED) is 0.466. The Morgan fingerprint density at radius 3 is 2.54 bits per heavy atom. The molecule has 5 rings (SSSR count). The van der Waals surface area contributed by atoms with Crippen LogP contribution in [0.1, 0.15) is 66.6 Å². The number of aryl methyl sites for hydroxylation is 1. The first-order valence-electron chi connectivity index (χ1n) is 10.9. The summed E-state index contributed by atoms with van der Waals surface area (Å²) in [5.41, 5.74) is 0.0613. The van der Waals surface area contributed by atoms with Crippen molar-refractivity contribution in [2.45, 2.75) is 51.2 Å². The predicted molar refractivity (Wildman–Crippen MR) is 119 cm³/mol. The van der Waals surface area contributed by atoms with Gasteiger partial charge in [-0.1, -0.05) is 12.5 Å². The molecule has 0 saturated heterocycles. The van der Waals surface area contributed by atoms with Crippen molar-refractivity contribution in [2.75, 3.05) is 0 Å². The average molecular weight is 482 g/mol. The van der Waals surface area contributed by atoms with Crippen LogP contribution in [0.5, 0.6) is 0 Å². The molecule has 1 atom stereocenters. The summed E-state index contributed by atoms with van der Waals surface area (Å²) in [5, 5.41) is 13.2. The van der Waals surface area contributed by atoms with E-state index in [2.05, 4.69) is 30.0 Å². The number of hydrogen-bond donors (Lipinski definition) is 1. The number of aromatic amines is 1. The van der Waals surface area contributed by atoms with Crippen LogP contribution < -0.4 is 5.56 Å². The molecule has 12 heteroatoms. The van der Waals surface area contributed by atoms with Gasteiger partial charge >= 0.3 is 6.18 Å². The highest BCUT2D eigenvalue weighted by Crippen LogP contribution is 2.34. The molecule has 0 bridgehead atoms. The van der Waals surface area contributed by atoms with Gasteiger partial charge in [-0.2, -0.15) is 23.5 Å². The van der Waals surface area contributed by atoms with E-state index in [0.29, 0.717) is 11.5 Å². The summed E-state index contributed by atoms with van der Waals surface area (Å²) < 4.78 is 39.1. The Labute approximate surface area is 197 Å². The number of fused-ring (bicyclic) bond motifs is 1. The number of hydrogen-bond acceptors (Lipinski definition) is 7. The van der Waals surface area contributed by atoms with Crippen molar-refractivity contribution in [1.82, 2.24) is 34.7 Å². The van der Waals surface area contributed by atoms with Gasteiger partial charge in [0, 0.05) is 24.0 Å². The number of nitrogens with one attached hydrogen (secondary N) is 1. The fourth-order valence-electron chi connectivity index (χ4n) is 3.62. The lowest BCUT2D eigenvalue weighted by molar-refractivity contribution is -0.141. The molecular weight excluding hydrogens is 461 g/mol. The molecule has 180 valence electrons. The molecule has 0 radical (unpaired) electrons. The van der Waals surface area contributed by atoms with E-state index in [4.69, 9.17) is 5.26 Å². The first-order chi connectivity index (χ1) is 16.7. The molecular formula is C23H21F3N8O. The zero-order valence-corrected chi connectivity index (χ0v) is 18.9. The summed E-state index contributed by atoms with van der Waals surface area (Å²) >= 11 is 0. The monoisotopic (exact) mass is 482 g/mol. The highest BCUT2D eigenvalue weighted by molar-refractivity contribution is 5.79. The zero-order valence-electron chi connectivity index (χ0n) is 18.9. The largest absolute Gasteiger partial charge is 0.433 e. The maximum Gasteiger partial charge on any atom is 0.433 e. The molecule has 4 heterocycles. The highest BCUT2D eigenvalue weighted by atomic mass is 19.4. The Balaban J connectivity index is 0.000000218. The van der Waals surface area contributed by atoms with E-state index in [-0.39, 0.29) is 16.7 Å². The molecule has 1 aliphatic rings. The second-order valence-electron chi connectivity index (χ2n) is 8.17. The van der Waals surface area contributed by atoms with Crippen molar-refractivity contribution in [2.24, 2.45) is 0 Å². The molecule has 0 spiro atoms. The second-order valence-corrected chi connectivity index (χ2v) is 8.17. The summed E-state index contributed by atoms with van der Waals surface area (Å²) in [6.45, 7) is 3.67. The van der Waals surface area contributed by atoms with Crippen molar-refractivity contribution in [3.05, 3.63) is 75.7 Å². The predicted octanol–water partition coefficient (Wildman–Crippen LogP) is 4.07. The zero-order chi connectivity index (χ0) is 25.2. The summed E-state index contributed by atoms with van der Waals surface area (Å²) in [5.74, 6) is 1.71. The van der Waals surface area contributed by atoms with E-state index in [9.17, 15) is 18.0 Å². The minimum absolute atomic E-state index is 0.0340. The SMILES string of the molecule is CC(c1ccc(C(F)(F)F)nc1)n1nc(C#N)c2c(=O)[nH]cnc21.Cc1ccnc(C2CCC2)n1. The Morgan fingerprint density at radius 1 is 1.20 bits per heavy atom. The Morgan fingerprint density at radius 2 is 1.97 bits per heavy atom. The van der Waals surface area contributed by atoms with E-state index in [1.54, 1.807) is 6.92 Å². The van der Waals surface area contributed by atoms with Crippen LogP contribution >= 0.6 is 0 Å². The van der Waals surface area contributed by atoms with Gasteiger partial charge in [0.05, 0.1) is 12.4 Å². The number of halogens is 3. The number of nitriles is 1. The second kappa shape index (κ2) is 9.61. The Kier molecular flexibility index (Phi) is 6.59. The fraction of sp³-hybridized carbons (Fsp3) is 0.348. The molecule has 1 unspecified atom stereocenters. The molecule has 1 fully saturated rings. The van der Waals surface area contributed by atoms with Crippen LogP contribution in [-0.4, -0.2) is 34.7 Å². The summed E-state index contributed by atoms with van der Waals surface area (Å²) in [4.78, 5) is 30.2. The smallest absolute Gasteiger partial charge is 0.312 e. The maximum atomic E-state index is 12.6. The van der Waals surface area contributed by atoms with Crippen molar-refractivity contribution < 1.29 is 13.2 Å². The lowest BCUT2D eigenvalue weighted by Crippen LogP contribution is -2.13. The topological polar surface area (TPSA) is 126 Å². The highest BCUT2D eigenvalue weighted by Gasteiger charge is 2.32. The molecule has 9 nitrogen and oxygen atoms in total. The van der Waals surface area contributed by atoms with Crippen molar-refractivity contribution >= 4 is 11.0 Å². The summed E-state index contributed by atoms with van der Waals surface area (Å²) in [7, 11) is 0. The normalized spacial score (nSPS) is 14.5. The van der Waals surface area contributed by atoms with Crippen LogP contribution in [0.25, 0.3) is 11.0 Å².